The van der Waals surface area contributed by atoms with Crippen molar-refractivity contribution >= 4 is 22.7 Å². The number of amides is 1. The van der Waals surface area contributed by atoms with Gasteiger partial charge in [0.15, 0.2) is 0 Å². The fourth-order valence-electron chi connectivity index (χ4n) is 3.71. The molecule has 9 nitrogen and oxygen atoms in total. The molecule has 0 radical (unpaired) electrons. The van der Waals surface area contributed by atoms with E-state index in [2.05, 4.69) is 31.0 Å². The maximum atomic E-state index is 13.4. The van der Waals surface area contributed by atoms with Crippen molar-refractivity contribution in [2.45, 2.75) is 18.8 Å². The van der Waals surface area contributed by atoms with Gasteiger partial charge in [0.2, 0.25) is 0 Å². The zero-order valence-electron chi connectivity index (χ0n) is 16.8. The summed E-state index contributed by atoms with van der Waals surface area (Å²) in [6.45, 7) is 0. The van der Waals surface area contributed by atoms with E-state index in [0.29, 0.717) is 34.0 Å². The molecule has 0 aliphatic heterocycles. The quantitative estimate of drug-likeness (QED) is 0.455. The highest BCUT2D eigenvalue weighted by Gasteiger charge is 2.29. The first-order chi connectivity index (χ1) is 15.8. The van der Waals surface area contributed by atoms with Crippen LogP contribution in [0, 0.1) is 0 Å². The molecule has 1 aliphatic rings. The summed E-state index contributed by atoms with van der Waals surface area (Å²) in [5.41, 5.74) is 4.67. The van der Waals surface area contributed by atoms with E-state index in [1.165, 1.54) is 6.33 Å². The first-order valence-corrected chi connectivity index (χ1v) is 10.3. The third-order valence-corrected chi connectivity index (χ3v) is 5.49. The molecule has 2 aromatic carbocycles. The normalized spacial score (nSPS) is 13.4. The lowest BCUT2D eigenvalue weighted by Gasteiger charge is -2.09. The van der Waals surface area contributed by atoms with E-state index in [1.54, 1.807) is 16.8 Å². The van der Waals surface area contributed by atoms with Crippen LogP contribution in [-0.4, -0.2) is 36.3 Å². The summed E-state index contributed by atoms with van der Waals surface area (Å²) in [5.74, 6) is 0.127. The Morgan fingerprint density at radius 2 is 1.88 bits per heavy atom. The number of fused-ring (bicyclic) bond motifs is 1. The van der Waals surface area contributed by atoms with Crippen molar-refractivity contribution in [3.63, 3.8) is 0 Å². The Kier molecular flexibility index (Phi) is 4.24. The van der Waals surface area contributed by atoms with Crippen LogP contribution in [0.25, 0.3) is 28.0 Å². The van der Waals surface area contributed by atoms with Crippen LogP contribution in [0.1, 0.15) is 34.8 Å². The highest BCUT2D eigenvalue weighted by atomic mass is 16.5. The number of aromatic nitrogens is 6. The highest BCUT2D eigenvalue weighted by Crippen LogP contribution is 2.41. The molecule has 0 bridgehead atoms. The molecule has 5 aromatic rings. The maximum absolute atomic E-state index is 13.4. The minimum absolute atomic E-state index is 0.241. The number of tetrazole rings is 1. The minimum atomic E-state index is -0.241. The molecule has 3 heterocycles. The van der Waals surface area contributed by atoms with E-state index in [-0.39, 0.29) is 5.91 Å². The lowest BCUT2D eigenvalue weighted by atomic mass is 10.0. The second kappa shape index (κ2) is 7.38. The second-order valence-electron chi connectivity index (χ2n) is 7.70. The van der Waals surface area contributed by atoms with Crippen LogP contribution in [-0.2, 0) is 0 Å². The predicted octanol–water partition coefficient (Wildman–Crippen LogP) is 4.00. The van der Waals surface area contributed by atoms with Gasteiger partial charge < -0.3 is 9.84 Å². The zero-order chi connectivity index (χ0) is 21.5. The number of hydrogen-bond donors (Lipinski definition) is 1. The van der Waals surface area contributed by atoms with E-state index < -0.39 is 0 Å². The molecule has 1 amide bonds. The van der Waals surface area contributed by atoms with Crippen LogP contribution < -0.4 is 5.32 Å². The van der Waals surface area contributed by atoms with Gasteiger partial charge in [-0.15, -0.1) is 5.10 Å². The smallest absolute Gasteiger partial charge is 0.259 e. The third-order valence-electron chi connectivity index (χ3n) is 5.49. The molecular formula is C23H17N7O2. The topological polar surface area (TPSA) is 112 Å². The molecule has 0 spiro atoms. The van der Waals surface area contributed by atoms with Crippen LogP contribution in [0.15, 0.2) is 71.5 Å². The Morgan fingerprint density at radius 1 is 1.06 bits per heavy atom. The first-order valence-electron chi connectivity index (χ1n) is 10.3. The number of anilines is 1. The molecule has 0 unspecified atom stereocenters. The van der Waals surface area contributed by atoms with Crippen molar-refractivity contribution in [1.29, 1.82) is 0 Å². The van der Waals surface area contributed by atoms with E-state index >= 15 is 0 Å². The largest absolute Gasteiger partial charge is 0.335 e. The summed E-state index contributed by atoms with van der Waals surface area (Å²) in [6, 6.07) is 18.8. The van der Waals surface area contributed by atoms with E-state index in [9.17, 15) is 4.79 Å². The van der Waals surface area contributed by atoms with Crippen molar-refractivity contribution in [2.75, 3.05) is 5.32 Å². The van der Waals surface area contributed by atoms with Gasteiger partial charge in [-0.1, -0.05) is 35.5 Å². The zero-order valence-corrected chi connectivity index (χ0v) is 16.8. The molecule has 0 atom stereocenters. The Labute approximate surface area is 182 Å². The van der Waals surface area contributed by atoms with Gasteiger partial charge in [0.1, 0.15) is 12.0 Å². The molecule has 1 aliphatic carbocycles. The van der Waals surface area contributed by atoms with Crippen molar-refractivity contribution in [3.8, 4) is 16.9 Å². The van der Waals surface area contributed by atoms with Crippen molar-refractivity contribution in [3.05, 3.63) is 78.2 Å². The standard InChI is InChI=1S/C23H17N7O2/c31-22(25-16-8-10-17(11-9-16)30-13-24-28-29-30)18-12-19(14-6-7-14)26-23-20(18)21(27-32-23)15-4-2-1-3-5-15/h1-5,8-14H,6-7H2,(H,25,31). The summed E-state index contributed by atoms with van der Waals surface area (Å²) in [7, 11) is 0. The van der Waals surface area contributed by atoms with Crippen LogP contribution in [0.5, 0.6) is 0 Å². The third kappa shape index (κ3) is 3.29. The Bertz CT molecular complexity index is 1410. The lowest BCUT2D eigenvalue weighted by molar-refractivity contribution is 0.102. The molecule has 32 heavy (non-hydrogen) atoms. The van der Waals surface area contributed by atoms with Crippen LogP contribution in [0.2, 0.25) is 0 Å². The van der Waals surface area contributed by atoms with Crippen LogP contribution >= 0.6 is 0 Å². The predicted molar refractivity (Wildman–Crippen MR) is 116 cm³/mol. The monoisotopic (exact) mass is 423 g/mol. The van der Waals surface area contributed by atoms with Crippen LogP contribution in [0.3, 0.4) is 0 Å². The maximum Gasteiger partial charge on any atom is 0.259 e. The van der Waals surface area contributed by atoms with Gasteiger partial charge in [0, 0.05) is 22.9 Å². The van der Waals surface area contributed by atoms with E-state index in [0.717, 1.165) is 29.8 Å². The fraction of sp³-hybridized carbons (Fsp3) is 0.130. The lowest BCUT2D eigenvalue weighted by Crippen LogP contribution is -2.13. The molecule has 156 valence electrons. The highest BCUT2D eigenvalue weighted by molar-refractivity contribution is 6.14. The second-order valence-corrected chi connectivity index (χ2v) is 7.70. The van der Waals surface area contributed by atoms with Gasteiger partial charge >= 0.3 is 0 Å². The number of benzene rings is 2. The van der Waals surface area contributed by atoms with Crippen molar-refractivity contribution < 1.29 is 9.32 Å². The molecular weight excluding hydrogens is 406 g/mol. The number of hydrogen-bond acceptors (Lipinski definition) is 7. The first kappa shape index (κ1) is 18.4. The summed E-state index contributed by atoms with van der Waals surface area (Å²) >= 11 is 0. The van der Waals surface area contributed by atoms with E-state index in [1.807, 2.05) is 48.5 Å². The Morgan fingerprint density at radius 3 is 2.59 bits per heavy atom. The average Bonchev–Trinajstić information content (AvgIpc) is 3.37. The Hall–Kier alpha value is -4.40. The number of rotatable bonds is 5. The van der Waals surface area contributed by atoms with Gasteiger partial charge in [0.25, 0.3) is 11.6 Å². The SMILES string of the molecule is O=C(Nc1ccc(-n2cnnn2)cc1)c1cc(C2CC2)nc2onc(-c3ccccc3)c12. The van der Waals surface area contributed by atoms with Gasteiger partial charge in [-0.05, 0) is 53.6 Å². The number of carbonyl (C=O) groups is 1. The molecule has 1 saturated carbocycles. The Balaban J connectivity index is 1.39. The molecule has 0 saturated heterocycles. The van der Waals surface area contributed by atoms with Crippen molar-refractivity contribution in [1.82, 2.24) is 30.3 Å². The number of nitrogens with one attached hydrogen (secondary N) is 1. The van der Waals surface area contributed by atoms with Gasteiger partial charge in [0.05, 0.1) is 16.6 Å². The number of nitrogens with zero attached hydrogens (tertiary/aromatic N) is 6. The summed E-state index contributed by atoms with van der Waals surface area (Å²) in [5, 5.41) is 19.0. The minimum Gasteiger partial charge on any atom is -0.335 e. The molecule has 9 heteroatoms. The number of carbonyl (C=O) groups excluding carboxylic acids is 1. The van der Waals surface area contributed by atoms with Crippen LogP contribution in [0.4, 0.5) is 5.69 Å². The molecule has 1 N–H and O–H groups in total. The number of pyridine rings is 1. The summed E-state index contributed by atoms with van der Waals surface area (Å²) in [6.07, 6.45) is 3.65. The van der Waals surface area contributed by atoms with Gasteiger partial charge in [-0.3, -0.25) is 4.79 Å². The summed E-state index contributed by atoms with van der Waals surface area (Å²) in [4.78, 5) is 18.0. The average molecular weight is 423 g/mol. The molecule has 6 rings (SSSR count). The van der Waals surface area contributed by atoms with E-state index in [4.69, 9.17) is 4.52 Å². The summed E-state index contributed by atoms with van der Waals surface area (Å²) < 4.78 is 7.10. The molecule has 1 fully saturated rings. The van der Waals surface area contributed by atoms with Crippen molar-refractivity contribution in [2.24, 2.45) is 0 Å². The fourth-order valence-corrected chi connectivity index (χ4v) is 3.71. The van der Waals surface area contributed by atoms with Gasteiger partial charge in [-0.25, -0.2) is 9.67 Å². The van der Waals surface area contributed by atoms with Gasteiger partial charge in [-0.2, -0.15) is 0 Å². The molecule has 3 aromatic heterocycles.